The first kappa shape index (κ1) is 6.05. The summed E-state index contributed by atoms with van der Waals surface area (Å²) in [7, 11) is 0. The Labute approximate surface area is 50.4 Å². The van der Waals surface area contributed by atoms with Crippen LogP contribution in [0.4, 0.5) is 0 Å². The van der Waals surface area contributed by atoms with Crippen molar-refractivity contribution in [3.05, 3.63) is 0 Å². The molecule has 0 saturated carbocycles. The Hall–Kier alpha value is -0.0800. The van der Waals surface area contributed by atoms with Crippen molar-refractivity contribution in [3.63, 3.8) is 0 Å². The molecular weight excluding hydrogens is 102 g/mol. The summed E-state index contributed by atoms with van der Waals surface area (Å²) in [6.45, 7) is 7.50. The zero-order valence-corrected chi connectivity index (χ0v) is 5.39. The zero-order chi connectivity index (χ0) is 5.82. The van der Waals surface area contributed by atoms with Gasteiger partial charge >= 0.3 is 0 Å². The molecule has 0 N–H and O–H groups in total. The number of hydrogen-bond donors (Lipinski definition) is 0. The standard InChI is InChI=1S/C6H13NO/c1-2-8-6-5-7-3-4-7/h2-6H2,1H3. The molecule has 0 amide bonds. The van der Waals surface area contributed by atoms with E-state index in [1.165, 1.54) is 13.1 Å². The van der Waals surface area contributed by atoms with E-state index in [9.17, 15) is 0 Å². The van der Waals surface area contributed by atoms with E-state index >= 15 is 0 Å². The predicted octanol–water partition coefficient (Wildman–Crippen LogP) is 0.339. The Morgan fingerprint density at radius 1 is 1.50 bits per heavy atom. The molecule has 0 aromatic rings. The van der Waals surface area contributed by atoms with E-state index < -0.39 is 0 Å². The monoisotopic (exact) mass is 115 g/mol. The van der Waals surface area contributed by atoms with E-state index in [1.54, 1.807) is 0 Å². The molecule has 8 heavy (non-hydrogen) atoms. The van der Waals surface area contributed by atoms with Gasteiger partial charge in [0.1, 0.15) is 0 Å². The summed E-state index contributed by atoms with van der Waals surface area (Å²) in [5.41, 5.74) is 0. The van der Waals surface area contributed by atoms with Crippen LogP contribution in [0.3, 0.4) is 0 Å². The number of hydrogen-bond acceptors (Lipinski definition) is 2. The van der Waals surface area contributed by atoms with Crippen molar-refractivity contribution < 1.29 is 4.74 Å². The predicted molar refractivity (Wildman–Crippen MR) is 32.9 cm³/mol. The summed E-state index contributed by atoms with van der Waals surface area (Å²) in [4.78, 5) is 2.36. The maximum absolute atomic E-state index is 5.14. The Balaban J connectivity index is 1.74. The minimum atomic E-state index is 0.855. The second-order valence-corrected chi connectivity index (χ2v) is 2.04. The van der Waals surface area contributed by atoms with Crippen LogP contribution in [-0.2, 0) is 4.74 Å². The Morgan fingerprint density at radius 2 is 2.25 bits per heavy atom. The van der Waals surface area contributed by atoms with Crippen LogP contribution in [-0.4, -0.2) is 37.7 Å². The first-order chi connectivity index (χ1) is 3.93. The lowest BCUT2D eigenvalue weighted by atomic mass is 10.7. The average molecular weight is 115 g/mol. The molecule has 0 aromatic heterocycles. The molecule has 1 rings (SSSR count). The van der Waals surface area contributed by atoms with E-state index in [4.69, 9.17) is 4.74 Å². The highest BCUT2D eigenvalue weighted by atomic mass is 16.5. The van der Waals surface area contributed by atoms with Gasteiger partial charge in [-0.2, -0.15) is 0 Å². The molecule has 1 aliphatic heterocycles. The molecular formula is C6H13NO. The smallest absolute Gasteiger partial charge is 0.0593 e. The minimum absolute atomic E-state index is 0.855. The quantitative estimate of drug-likeness (QED) is 0.387. The molecule has 48 valence electrons. The van der Waals surface area contributed by atoms with Crippen LogP contribution < -0.4 is 0 Å². The van der Waals surface area contributed by atoms with Gasteiger partial charge in [0.2, 0.25) is 0 Å². The van der Waals surface area contributed by atoms with Crippen molar-refractivity contribution in [1.29, 1.82) is 0 Å². The highest BCUT2D eigenvalue weighted by molar-refractivity contribution is 4.70. The normalized spacial score (nSPS) is 19.1. The molecule has 1 aliphatic rings. The Morgan fingerprint density at radius 3 is 2.75 bits per heavy atom. The Bertz CT molecular complexity index is 61.5. The SMILES string of the molecule is CCOCCN1CC1. The highest BCUT2D eigenvalue weighted by Gasteiger charge is 2.15. The number of ether oxygens (including phenoxy) is 1. The van der Waals surface area contributed by atoms with Crippen molar-refractivity contribution in [1.82, 2.24) is 4.90 Å². The molecule has 0 atom stereocenters. The van der Waals surface area contributed by atoms with Crippen molar-refractivity contribution >= 4 is 0 Å². The van der Waals surface area contributed by atoms with Gasteiger partial charge in [-0.15, -0.1) is 0 Å². The molecule has 2 heteroatoms. The summed E-state index contributed by atoms with van der Waals surface area (Å²) in [5.74, 6) is 0. The van der Waals surface area contributed by atoms with Crippen LogP contribution in [0.1, 0.15) is 6.92 Å². The second-order valence-electron chi connectivity index (χ2n) is 2.04. The molecule has 0 aliphatic carbocycles. The number of rotatable bonds is 4. The van der Waals surface area contributed by atoms with Crippen LogP contribution in [0.15, 0.2) is 0 Å². The maximum atomic E-state index is 5.14. The maximum Gasteiger partial charge on any atom is 0.0593 e. The first-order valence-corrected chi connectivity index (χ1v) is 3.23. The Kier molecular flexibility index (Phi) is 2.30. The van der Waals surface area contributed by atoms with Gasteiger partial charge in [-0.1, -0.05) is 0 Å². The van der Waals surface area contributed by atoms with E-state index in [0.717, 1.165) is 19.8 Å². The van der Waals surface area contributed by atoms with E-state index in [2.05, 4.69) is 4.90 Å². The van der Waals surface area contributed by atoms with E-state index in [1.807, 2.05) is 6.92 Å². The lowest BCUT2D eigenvalue weighted by Gasteiger charge is -1.98. The summed E-state index contributed by atoms with van der Waals surface area (Å²) in [5, 5.41) is 0. The largest absolute Gasteiger partial charge is 0.380 e. The van der Waals surface area contributed by atoms with Crippen LogP contribution >= 0.6 is 0 Å². The van der Waals surface area contributed by atoms with Crippen molar-refractivity contribution in [2.75, 3.05) is 32.8 Å². The van der Waals surface area contributed by atoms with Gasteiger partial charge in [-0.25, -0.2) is 0 Å². The van der Waals surface area contributed by atoms with Crippen molar-refractivity contribution in [3.8, 4) is 0 Å². The van der Waals surface area contributed by atoms with Crippen LogP contribution in [0.2, 0.25) is 0 Å². The fourth-order valence-corrected chi connectivity index (χ4v) is 0.632. The highest BCUT2D eigenvalue weighted by Crippen LogP contribution is 2.00. The van der Waals surface area contributed by atoms with Gasteiger partial charge in [0.25, 0.3) is 0 Å². The van der Waals surface area contributed by atoms with Crippen LogP contribution in [0, 0.1) is 0 Å². The topological polar surface area (TPSA) is 12.2 Å². The van der Waals surface area contributed by atoms with Gasteiger partial charge in [-0.3, -0.25) is 4.90 Å². The van der Waals surface area contributed by atoms with E-state index in [0.29, 0.717) is 0 Å². The van der Waals surface area contributed by atoms with Gasteiger partial charge < -0.3 is 4.74 Å². The third-order valence-electron chi connectivity index (χ3n) is 1.30. The molecule has 0 bridgehead atoms. The molecule has 0 radical (unpaired) electrons. The molecule has 0 spiro atoms. The van der Waals surface area contributed by atoms with Gasteiger partial charge in [0.15, 0.2) is 0 Å². The molecule has 1 fully saturated rings. The minimum Gasteiger partial charge on any atom is -0.380 e. The molecule has 2 nitrogen and oxygen atoms in total. The summed E-state index contributed by atoms with van der Waals surface area (Å²) < 4.78 is 5.14. The molecule has 0 aromatic carbocycles. The molecule has 0 unspecified atom stereocenters. The summed E-state index contributed by atoms with van der Waals surface area (Å²) in [6.07, 6.45) is 0. The third-order valence-corrected chi connectivity index (χ3v) is 1.30. The molecule has 1 saturated heterocycles. The van der Waals surface area contributed by atoms with E-state index in [-0.39, 0.29) is 0 Å². The third kappa shape index (κ3) is 2.28. The average Bonchev–Trinajstić information content (AvgIpc) is 2.51. The zero-order valence-electron chi connectivity index (χ0n) is 5.39. The van der Waals surface area contributed by atoms with Crippen molar-refractivity contribution in [2.24, 2.45) is 0 Å². The second kappa shape index (κ2) is 3.05. The number of nitrogens with zero attached hydrogens (tertiary/aromatic N) is 1. The fraction of sp³-hybridized carbons (Fsp3) is 1.00. The van der Waals surface area contributed by atoms with Gasteiger partial charge in [0, 0.05) is 26.2 Å². The summed E-state index contributed by atoms with van der Waals surface area (Å²) >= 11 is 0. The van der Waals surface area contributed by atoms with Gasteiger partial charge in [0.05, 0.1) is 6.61 Å². The lowest BCUT2D eigenvalue weighted by molar-refractivity contribution is 0.139. The molecule has 1 heterocycles. The first-order valence-electron chi connectivity index (χ1n) is 3.23. The summed E-state index contributed by atoms with van der Waals surface area (Å²) in [6, 6.07) is 0. The van der Waals surface area contributed by atoms with Crippen LogP contribution in [0.5, 0.6) is 0 Å². The van der Waals surface area contributed by atoms with Crippen LogP contribution in [0.25, 0.3) is 0 Å². The van der Waals surface area contributed by atoms with Crippen molar-refractivity contribution in [2.45, 2.75) is 6.92 Å². The van der Waals surface area contributed by atoms with Gasteiger partial charge in [-0.05, 0) is 6.92 Å². The fourth-order valence-electron chi connectivity index (χ4n) is 0.632. The lowest BCUT2D eigenvalue weighted by Crippen LogP contribution is -2.07.